The molecule has 1 saturated heterocycles. The van der Waals surface area contributed by atoms with Crippen LogP contribution in [0.4, 0.5) is 11.6 Å². The van der Waals surface area contributed by atoms with Gasteiger partial charge in [0.25, 0.3) is 0 Å². The first-order chi connectivity index (χ1) is 8.29. The summed E-state index contributed by atoms with van der Waals surface area (Å²) in [4.78, 5) is 10.3. The molecule has 17 heavy (non-hydrogen) atoms. The molecule has 0 radical (unpaired) electrons. The summed E-state index contributed by atoms with van der Waals surface area (Å²) in [5.74, 6) is 6.79. The Kier molecular flexibility index (Phi) is 4.11. The number of rotatable bonds is 4. The van der Waals surface area contributed by atoms with Crippen molar-refractivity contribution in [3.8, 4) is 0 Å². The second-order valence-electron chi connectivity index (χ2n) is 4.27. The summed E-state index contributed by atoms with van der Waals surface area (Å²) in [6.07, 6.45) is 5.35. The van der Waals surface area contributed by atoms with Crippen molar-refractivity contribution in [1.82, 2.24) is 9.97 Å². The van der Waals surface area contributed by atoms with Gasteiger partial charge in [-0.05, 0) is 19.3 Å². The fourth-order valence-corrected chi connectivity index (χ4v) is 1.99. The van der Waals surface area contributed by atoms with Crippen LogP contribution in [0.1, 0.15) is 19.3 Å². The lowest BCUT2D eigenvalue weighted by atomic mass is 10.1. The van der Waals surface area contributed by atoms with E-state index in [4.69, 9.17) is 10.6 Å². The predicted octanol–water partition coefficient (Wildman–Crippen LogP) is 0.767. The van der Waals surface area contributed by atoms with Crippen LogP contribution in [0, 0.1) is 0 Å². The minimum absolute atomic E-state index is 0.304. The molecule has 0 amide bonds. The summed E-state index contributed by atoms with van der Waals surface area (Å²) < 4.78 is 5.70. The highest BCUT2D eigenvalue weighted by Gasteiger charge is 2.16. The number of nitrogen functional groups attached to an aromatic ring is 1. The Morgan fingerprint density at radius 1 is 1.53 bits per heavy atom. The van der Waals surface area contributed by atoms with Crippen molar-refractivity contribution in [2.45, 2.75) is 25.4 Å². The summed E-state index contributed by atoms with van der Waals surface area (Å²) in [6, 6.07) is 1.82. The topological polar surface area (TPSA) is 76.3 Å². The van der Waals surface area contributed by atoms with Gasteiger partial charge in [0.2, 0.25) is 0 Å². The second-order valence-corrected chi connectivity index (χ2v) is 4.27. The number of likely N-dealkylation sites (N-methyl/N-ethyl adjacent to an activating group) is 1. The van der Waals surface area contributed by atoms with E-state index in [0.717, 1.165) is 25.4 Å². The molecule has 0 spiro atoms. The van der Waals surface area contributed by atoms with Crippen LogP contribution in [0.5, 0.6) is 0 Å². The Morgan fingerprint density at radius 3 is 3.12 bits per heavy atom. The molecule has 0 aromatic carbocycles. The molecule has 1 aromatic heterocycles. The van der Waals surface area contributed by atoms with Crippen molar-refractivity contribution >= 4 is 11.6 Å². The Hall–Kier alpha value is -1.40. The van der Waals surface area contributed by atoms with E-state index in [1.165, 1.54) is 19.2 Å². The lowest BCUT2D eigenvalue weighted by Crippen LogP contribution is -2.33. The van der Waals surface area contributed by atoms with E-state index in [1.54, 1.807) is 0 Å². The van der Waals surface area contributed by atoms with Gasteiger partial charge in [-0.3, -0.25) is 0 Å². The fraction of sp³-hybridized carbons (Fsp3) is 0.636. The van der Waals surface area contributed by atoms with Gasteiger partial charge in [0.05, 0.1) is 6.10 Å². The van der Waals surface area contributed by atoms with Crippen LogP contribution in [-0.2, 0) is 4.74 Å². The van der Waals surface area contributed by atoms with Gasteiger partial charge in [-0.2, -0.15) is 0 Å². The predicted molar refractivity (Wildman–Crippen MR) is 66.7 cm³/mol. The van der Waals surface area contributed by atoms with E-state index >= 15 is 0 Å². The summed E-state index contributed by atoms with van der Waals surface area (Å²) in [5.41, 5.74) is 2.52. The zero-order valence-electron chi connectivity index (χ0n) is 10.1. The molecular formula is C11H19N5O. The lowest BCUT2D eigenvalue weighted by Gasteiger charge is -2.28. The van der Waals surface area contributed by atoms with Gasteiger partial charge in [0, 0.05) is 26.3 Å². The number of nitrogens with zero attached hydrogens (tertiary/aromatic N) is 3. The van der Waals surface area contributed by atoms with Crippen molar-refractivity contribution in [2.24, 2.45) is 5.84 Å². The van der Waals surface area contributed by atoms with Crippen LogP contribution in [0.2, 0.25) is 0 Å². The van der Waals surface area contributed by atoms with Crippen molar-refractivity contribution in [3.63, 3.8) is 0 Å². The molecule has 0 bridgehead atoms. The van der Waals surface area contributed by atoms with E-state index in [2.05, 4.69) is 20.3 Å². The molecule has 1 fully saturated rings. The Morgan fingerprint density at radius 2 is 2.41 bits per heavy atom. The number of hydrazine groups is 1. The van der Waals surface area contributed by atoms with Crippen molar-refractivity contribution < 1.29 is 4.74 Å². The highest BCUT2D eigenvalue weighted by molar-refractivity contribution is 5.47. The van der Waals surface area contributed by atoms with Gasteiger partial charge < -0.3 is 15.1 Å². The van der Waals surface area contributed by atoms with Crippen LogP contribution in [-0.4, -0.2) is 36.3 Å². The maximum atomic E-state index is 5.70. The summed E-state index contributed by atoms with van der Waals surface area (Å²) in [5, 5.41) is 0. The molecule has 1 unspecified atom stereocenters. The third-order valence-corrected chi connectivity index (χ3v) is 2.94. The first-order valence-electron chi connectivity index (χ1n) is 5.91. The first kappa shape index (κ1) is 12.1. The molecule has 6 nitrogen and oxygen atoms in total. The van der Waals surface area contributed by atoms with E-state index in [9.17, 15) is 0 Å². The maximum absolute atomic E-state index is 5.70. The highest BCUT2D eigenvalue weighted by atomic mass is 16.5. The van der Waals surface area contributed by atoms with Crippen molar-refractivity contribution in [1.29, 1.82) is 0 Å². The molecule has 3 N–H and O–H groups in total. The number of aromatic nitrogens is 2. The first-order valence-corrected chi connectivity index (χ1v) is 5.91. The molecule has 0 saturated carbocycles. The van der Waals surface area contributed by atoms with E-state index in [0.29, 0.717) is 11.9 Å². The molecular weight excluding hydrogens is 218 g/mol. The smallest absolute Gasteiger partial charge is 0.145 e. The SMILES string of the molecule is CN(CC1CCCCO1)c1cc(NN)ncn1. The number of ether oxygens (including phenoxy) is 1. The Labute approximate surface area is 101 Å². The standard InChI is InChI=1S/C11H19N5O/c1-16(7-9-4-2-3-5-17-9)11-6-10(15-12)13-8-14-11/h6,8-9H,2-5,7,12H2,1H3,(H,13,14,15). The zero-order chi connectivity index (χ0) is 12.1. The molecule has 1 aliphatic heterocycles. The summed E-state index contributed by atoms with van der Waals surface area (Å²) >= 11 is 0. The molecule has 0 aliphatic carbocycles. The van der Waals surface area contributed by atoms with Crippen LogP contribution < -0.4 is 16.2 Å². The molecule has 2 heterocycles. The minimum atomic E-state index is 0.304. The Bertz CT molecular complexity index is 353. The average Bonchev–Trinajstić information content (AvgIpc) is 2.40. The van der Waals surface area contributed by atoms with Gasteiger partial charge in [0.15, 0.2) is 0 Å². The minimum Gasteiger partial charge on any atom is -0.376 e. The summed E-state index contributed by atoms with van der Waals surface area (Å²) in [6.45, 7) is 1.72. The van der Waals surface area contributed by atoms with Crippen LogP contribution >= 0.6 is 0 Å². The summed E-state index contributed by atoms with van der Waals surface area (Å²) in [7, 11) is 2.00. The molecule has 1 aliphatic rings. The average molecular weight is 237 g/mol. The van der Waals surface area contributed by atoms with Crippen LogP contribution in [0.15, 0.2) is 12.4 Å². The van der Waals surface area contributed by atoms with E-state index < -0.39 is 0 Å². The van der Waals surface area contributed by atoms with Crippen LogP contribution in [0.3, 0.4) is 0 Å². The monoisotopic (exact) mass is 237 g/mol. The molecule has 1 atom stereocenters. The van der Waals surface area contributed by atoms with Gasteiger partial charge >= 0.3 is 0 Å². The lowest BCUT2D eigenvalue weighted by molar-refractivity contribution is 0.0215. The number of nitrogens with one attached hydrogen (secondary N) is 1. The molecule has 2 rings (SSSR count). The number of nitrogens with two attached hydrogens (primary N) is 1. The molecule has 1 aromatic rings. The van der Waals surface area contributed by atoms with Gasteiger partial charge in [-0.25, -0.2) is 15.8 Å². The van der Waals surface area contributed by atoms with Gasteiger partial charge in [-0.15, -0.1) is 0 Å². The maximum Gasteiger partial charge on any atom is 0.145 e. The zero-order valence-corrected chi connectivity index (χ0v) is 10.1. The van der Waals surface area contributed by atoms with Crippen molar-refractivity contribution in [2.75, 3.05) is 30.5 Å². The highest BCUT2D eigenvalue weighted by Crippen LogP contribution is 2.17. The third kappa shape index (κ3) is 3.28. The second kappa shape index (κ2) is 5.79. The normalized spacial score (nSPS) is 20.0. The van der Waals surface area contributed by atoms with Crippen LogP contribution in [0.25, 0.3) is 0 Å². The third-order valence-electron chi connectivity index (χ3n) is 2.94. The molecule has 94 valence electrons. The van der Waals surface area contributed by atoms with Gasteiger partial charge in [-0.1, -0.05) is 0 Å². The number of anilines is 2. The fourth-order valence-electron chi connectivity index (χ4n) is 1.99. The van der Waals surface area contributed by atoms with E-state index in [-0.39, 0.29) is 0 Å². The number of hydrogen-bond acceptors (Lipinski definition) is 6. The molecule has 6 heteroatoms. The van der Waals surface area contributed by atoms with Gasteiger partial charge in [0.1, 0.15) is 18.0 Å². The quantitative estimate of drug-likeness (QED) is 0.595. The van der Waals surface area contributed by atoms with Crippen molar-refractivity contribution in [3.05, 3.63) is 12.4 Å². The number of hydrogen-bond donors (Lipinski definition) is 2. The Balaban J connectivity index is 1.95. The largest absolute Gasteiger partial charge is 0.376 e. The van der Waals surface area contributed by atoms with E-state index in [1.807, 2.05) is 13.1 Å².